The molecule has 0 aliphatic heterocycles. The zero-order valence-electron chi connectivity index (χ0n) is 5.46. The SMILES string of the molecule is Fc1cccc2ncc(Br)n12. The number of halogens is 2. The van der Waals surface area contributed by atoms with Gasteiger partial charge in [-0.05, 0) is 28.1 Å². The van der Waals surface area contributed by atoms with E-state index in [0.717, 1.165) is 0 Å². The Labute approximate surface area is 70.8 Å². The number of hydrogen-bond donors (Lipinski definition) is 0. The maximum Gasteiger partial charge on any atom is 0.200 e. The second-order valence-corrected chi connectivity index (χ2v) is 2.94. The Kier molecular flexibility index (Phi) is 1.42. The molecule has 0 aliphatic carbocycles. The Morgan fingerprint density at radius 1 is 1.45 bits per heavy atom. The lowest BCUT2D eigenvalue weighted by Gasteiger charge is -1.94. The van der Waals surface area contributed by atoms with Gasteiger partial charge in [0.15, 0.2) is 5.95 Å². The number of hydrogen-bond acceptors (Lipinski definition) is 1. The summed E-state index contributed by atoms with van der Waals surface area (Å²) in [5.74, 6) is -0.313. The number of aromatic nitrogens is 2. The standard InChI is InChI=1S/C7H4BrFN2/c8-5-4-10-7-3-1-2-6(9)11(5)7/h1-4H. The van der Waals surface area contributed by atoms with Crippen LogP contribution in [-0.2, 0) is 0 Å². The molecule has 2 aromatic rings. The highest BCUT2D eigenvalue weighted by atomic mass is 79.9. The molecule has 0 aromatic carbocycles. The third kappa shape index (κ3) is 0.939. The van der Waals surface area contributed by atoms with E-state index in [1.807, 2.05) is 0 Å². The molecular formula is C7H4BrFN2. The van der Waals surface area contributed by atoms with Crippen molar-refractivity contribution in [1.29, 1.82) is 0 Å². The van der Waals surface area contributed by atoms with Crippen molar-refractivity contribution in [2.24, 2.45) is 0 Å². The average molecular weight is 215 g/mol. The normalized spacial score (nSPS) is 10.7. The van der Waals surface area contributed by atoms with Crippen molar-refractivity contribution in [1.82, 2.24) is 9.38 Å². The summed E-state index contributed by atoms with van der Waals surface area (Å²) < 4.78 is 15.0. The molecule has 0 spiro atoms. The molecule has 2 heterocycles. The maximum absolute atomic E-state index is 13.0. The van der Waals surface area contributed by atoms with Crippen LogP contribution in [0.5, 0.6) is 0 Å². The largest absolute Gasteiger partial charge is 0.263 e. The van der Waals surface area contributed by atoms with Gasteiger partial charge in [-0.15, -0.1) is 0 Å². The number of pyridine rings is 1. The van der Waals surface area contributed by atoms with Gasteiger partial charge in [-0.2, -0.15) is 4.39 Å². The molecule has 11 heavy (non-hydrogen) atoms. The van der Waals surface area contributed by atoms with Gasteiger partial charge in [-0.3, -0.25) is 4.40 Å². The van der Waals surface area contributed by atoms with Crippen LogP contribution in [0.15, 0.2) is 29.0 Å². The van der Waals surface area contributed by atoms with Gasteiger partial charge in [0, 0.05) is 0 Å². The molecule has 2 nitrogen and oxygen atoms in total. The van der Waals surface area contributed by atoms with Crippen molar-refractivity contribution in [2.75, 3.05) is 0 Å². The highest BCUT2D eigenvalue weighted by molar-refractivity contribution is 9.10. The summed E-state index contributed by atoms with van der Waals surface area (Å²) >= 11 is 3.18. The van der Waals surface area contributed by atoms with Gasteiger partial charge in [-0.1, -0.05) is 6.07 Å². The van der Waals surface area contributed by atoms with E-state index in [4.69, 9.17) is 0 Å². The fourth-order valence-electron chi connectivity index (χ4n) is 0.961. The van der Waals surface area contributed by atoms with E-state index < -0.39 is 0 Å². The number of rotatable bonds is 0. The minimum absolute atomic E-state index is 0.313. The van der Waals surface area contributed by atoms with Crippen LogP contribution in [0.3, 0.4) is 0 Å². The van der Waals surface area contributed by atoms with Gasteiger partial charge in [-0.25, -0.2) is 4.98 Å². The summed E-state index contributed by atoms with van der Waals surface area (Å²) in [5, 5.41) is 0. The van der Waals surface area contributed by atoms with E-state index in [0.29, 0.717) is 10.3 Å². The van der Waals surface area contributed by atoms with Crippen LogP contribution in [0, 0.1) is 5.95 Å². The van der Waals surface area contributed by atoms with Crippen molar-refractivity contribution < 1.29 is 4.39 Å². The lowest BCUT2D eigenvalue weighted by atomic mass is 10.5. The maximum atomic E-state index is 13.0. The minimum Gasteiger partial charge on any atom is -0.263 e. The third-order valence-corrected chi connectivity index (χ3v) is 2.00. The number of nitrogens with zero attached hydrogens (tertiary/aromatic N) is 2. The van der Waals surface area contributed by atoms with Gasteiger partial charge in [0.2, 0.25) is 0 Å². The summed E-state index contributed by atoms with van der Waals surface area (Å²) in [4.78, 5) is 3.96. The summed E-state index contributed by atoms with van der Waals surface area (Å²) in [5.41, 5.74) is 0.608. The monoisotopic (exact) mass is 214 g/mol. The molecule has 0 aliphatic rings. The van der Waals surface area contributed by atoms with Crippen LogP contribution in [0.25, 0.3) is 5.65 Å². The van der Waals surface area contributed by atoms with Gasteiger partial charge in [0.25, 0.3) is 0 Å². The minimum atomic E-state index is -0.313. The molecule has 4 heteroatoms. The van der Waals surface area contributed by atoms with Crippen molar-refractivity contribution in [3.8, 4) is 0 Å². The Hall–Kier alpha value is -0.900. The zero-order chi connectivity index (χ0) is 7.84. The van der Waals surface area contributed by atoms with Crippen LogP contribution in [-0.4, -0.2) is 9.38 Å². The third-order valence-electron chi connectivity index (χ3n) is 1.44. The number of imidazole rings is 1. The topological polar surface area (TPSA) is 17.3 Å². The van der Waals surface area contributed by atoms with Crippen LogP contribution in [0.1, 0.15) is 0 Å². The molecule has 0 amide bonds. The lowest BCUT2D eigenvalue weighted by Crippen LogP contribution is -1.90. The lowest BCUT2D eigenvalue weighted by molar-refractivity contribution is 0.565. The molecular weight excluding hydrogens is 211 g/mol. The Morgan fingerprint density at radius 3 is 3.00 bits per heavy atom. The van der Waals surface area contributed by atoms with Crippen LogP contribution < -0.4 is 0 Å². The molecule has 2 aromatic heterocycles. The van der Waals surface area contributed by atoms with Crippen molar-refractivity contribution in [3.05, 3.63) is 34.9 Å². The highest BCUT2D eigenvalue weighted by Gasteiger charge is 2.02. The predicted molar refractivity (Wildman–Crippen MR) is 42.9 cm³/mol. The Bertz CT molecular complexity index is 396. The van der Waals surface area contributed by atoms with E-state index in [-0.39, 0.29) is 5.95 Å². The summed E-state index contributed by atoms with van der Waals surface area (Å²) in [6.45, 7) is 0. The molecule has 0 radical (unpaired) electrons. The van der Waals surface area contributed by atoms with Gasteiger partial charge >= 0.3 is 0 Å². The van der Waals surface area contributed by atoms with E-state index >= 15 is 0 Å². The molecule has 56 valence electrons. The average Bonchev–Trinajstić information content (AvgIpc) is 2.34. The highest BCUT2D eigenvalue weighted by Crippen LogP contribution is 2.14. The van der Waals surface area contributed by atoms with Crippen LogP contribution in [0.2, 0.25) is 0 Å². The van der Waals surface area contributed by atoms with Crippen molar-refractivity contribution in [2.45, 2.75) is 0 Å². The fraction of sp³-hybridized carbons (Fsp3) is 0. The molecule has 0 saturated carbocycles. The van der Waals surface area contributed by atoms with Crippen LogP contribution in [0.4, 0.5) is 4.39 Å². The summed E-state index contributed by atoms with van der Waals surface area (Å²) in [6.07, 6.45) is 1.57. The zero-order valence-corrected chi connectivity index (χ0v) is 7.05. The van der Waals surface area contributed by atoms with Crippen LogP contribution >= 0.6 is 15.9 Å². The first-order valence-corrected chi connectivity index (χ1v) is 3.86. The summed E-state index contributed by atoms with van der Waals surface area (Å²) in [6, 6.07) is 4.76. The van der Waals surface area contributed by atoms with Gasteiger partial charge in [0.1, 0.15) is 10.3 Å². The van der Waals surface area contributed by atoms with E-state index in [1.54, 1.807) is 18.3 Å². The second-order valence-electron chi connectivity index (χ2n) is 2.12. The molecule has 0 fully saturated rings. The van der Waals surface area contributed by atoms with E-state index in [9.17, 15) is 4.39 Å². The first-order chi connectivity index (χ1) is 5.29. The molecule has 0 atom stereocenters. The Balaban J connectivity index is 2.96. The van der Waals surface area contributed by atoms with Crippen molar-refractivity contribution in [3.63, 3.8) is 0 Å². The smallest absolute Gasteiger partial charge is 0.200 e. The van der Waals surface area contributed by atoms with E-state index in [2.05, 4.69) is 20.9 Å². The quantitative estimate of drug-likeness (QED) is 0.616. The van der Waals surface area contributed by atoms with E-state index in [1.165, 1.54) is 10.5 Å². The molecule has 0 bridgehead atoms. The first-order valence-electron chi connectivity index (χ1n) is 3.06. The predicted octanol–water partition coefficient (Wildman–Crippen LogP) is 2.24. The van der Waals surface area contributed by atoms with Crippen molar-refractivity contribution >= 4 is 21.6 Å². The molecule has 0 unspecified atom stereocenters. The number of fused-ring (bicyclic) bond motifs is 1. The van der Waals surface area contributed by atoms with Gasteiger partial charge in [0.05, 0.1) is 6.20 Å². The summed E-state index contributed by atoms with van der Waals surface area (Å²) in [7, 11) is 0. The molecule has 0 N–H and O–H groups in total. The second kappa shape index (κ2) is 2.30. The first kappa shape index (κ1) is 6.79. The fourth-order valence-corrected chi connectivity index (χ4v) is 1.41. The molecule has 0 saturated heterocycles. The Morgan fingerprint density at radius 2 is 2.27 bits per heavy atom. The molecule has 2 rings (SSSR count). The van der Waals surface area contributed by atoms with Gasteiger partial charge < -0.3 is 0 Å².